The van der Waals surface area contributed by atoms with Crippen LogP contribution in [0, 0.1) is 17.3 Å². The van der Waals surface area contributed by atoms with Gasteiger partial charge in [0.15, 0.2) is 0 Å². The molecule has 1 rings (SSSR count). The first kappa shape index (κ1) is 19.5. The van der Waals surface area contributed by atoms with E-state index < -0.39 is 0 Å². The van der Waals surface area contributed by atoms with Gasteiger partial charge in [-0.05, 0) is 42.5 Å². The van der Waals surface area contributed by atoms with Crippen molar-refractivity contribution in [2.75, 3.05) is 20.3 Å². The lowest BCUT2D eigenvalue weighted by atomic mass is 9.74. The number of esters is 1. The Labute approximate surface area is 139 Å². The number of carbonyl (C=O) groups excluding carboxylic acids is 1. The monoisotopic (exact) mass is 322 g/mol. The highest BCUT2D eigenvalue weighted by molar-refractivity contribution is 5.89. The number of aliphatic hydroxyl groups excluding tert-OH is 1. The highest BCUT2D eigenvalue weighted by atomic mass is 16.5. The van der Waals surface area contributed by atoms with Crippen molar-refractivity contribution in [3.8, 4) is 5.75 Å². The average molecular weight is 322 g/mol. The first-order valence-corrected chi connectivity index (χ1v) is 8.26. The minimum Gasteiger partial charge on any atom is -0.497 e. The SMILES string of the molecule is COc1ccc(C(=O)OCC(CO)(CCC(C)C)C(C)C)cc1. The number of hydrogen-bond donors (Lipinski definition) is 1. The molecule has 0 amide bonds. The molecule has 0 saturated carbocycles. The molecule has 0 aliphatic rings. The lowest BCUT2D eigenvalue weighted by molar-refractivity contribution is -0.0179. The van der Waals surface area contributed by atoms with Crippen molar-refractivity contribution >= 4 is 5.97 Å². The molecule has 4 heteroatoms. The molecule has 4 nitrogen and oxygen atoms in total. The van der Waals surface area contributed by atoms with Crippen LogP contribution in [0.2, 0.25) is 0 Å². The van der Waals surface area contributed by atoms with Gasteiger partial charge in [-0.25, -0.2) is 4.79 Å². The molecule has 1 N–H and O–H groups in total. The second-order valence-corrected chi connectivity index (χ2v) is 6.91. The molecule has 0 bridgehead atoms. The van der Waals surface area contributed by atoms with Crippen LogP contribution in [0.1, 0.15) is 50.9 Å². The maximum atomic E-state index is 12.2. The fraction of sp³-hybridized carbons (Fsp3) is 0.632. The van der Waals surface area contributed by atoms with Gasteiger partial charge in [0.2, 0.25) is 0 Å². The molecule has 1 unspecified atom stereocenters. The van der Waals surface area contributed by atoms with E-state index in [1.54, 1.807) is 31.4 Å². The van der Waals surface area contributed by atoms with Crippen molar-refractivity contribution in [2.45, 2.75) is 40.5 Å². The third-order valence-electron chi connectivity index (χ3n) is 4.58. The van der Waals surface area contributed by atoms with Crippen molar-refractivity contribution < 1.29 is 19.4 Å². The van der Waals surface area contributed by atoms with Crippen molar-refractivity contribution in [3.63, 3.8) is 0 Å². The second kappa shape index (κ2) is 8.92. The van der Waals surface area contributed by atoms with Gasteiger partial charge in [-0.2, -0.15) is 0 Å². The molecule has 0 radical (unpaired) electrons. The quantitative estimate of drug-likeness (QED) is 0.700. The Balaban J connectivity index is 2.73. The van der Waals surface area contributed by atoms with E-state index in [1.165, 1.54) is 0 Å². The first-order chi connectivity index (χ1) is 10.8. The van der Waals surface area contributed by atoms with Crippen molar-refractivity contribution in [1.29, 1.82) is 0 Å². The van der Waals surface area contributed by atoms with E-state index in [9.17, 15) is 9.90 Å². The van der Waals surface area contributed by atoms with E-state index in [1.807, 2.05) is 0 Å². The highest BCUT2D eigenvalue weighted by Crippen LogP contribution is 2.34. The minimum absolute atomic E-state index is 0.0211. The smallest absolute Gasteiger partial charge is 0.338 e. The predicted molar refractivity (Wildman–Crippen MR) is 91.7 cm³/mol. The molecule has 130 valence electrons. The van der Waals surface area contributed by atoms with Gasteiger partial charge < -0.3 is 14.6 Å². The molecular formula is C19H30O4. The largest absolute Gasteiger partial charge is 0.497 e. The Kier molecular flexibility index (Phi) is 7.56. The normalized spacial score (nSPS) is 13.9. The summed E-state index contributed by atoms with van der Waals surface area (Å²) in [7, 11) is 1.58. The minimum atomic E-state index is -0.383. The van der Waals surface area contributed by atoms with Gasteiger partial charge in [0.05, 0.1) is 25.9 Å². The maximum Gasteiger partial charge on any atom is 0.338 e. The van der Waals surface area contributed by atoms with Crippen LogP contribution in [0.25, 0.3) is 0 Å². The number of benzene rings is 1. The Morgan fingerprint density at radius 3 is 2.22 bits per heavy atom. The summed E-state index contributed by atoms with van der Waals surface area (Å²) >= 11 is 0. The van der Waals surface area contributed by atoms with E-state index in [4.69, 9.17) is 9.47 Å². The Morgan fingerprint density at radius 1 is 1.17 bits per heavy atom. The molecule has 0 spiro atoms. The Bertz CT molecular complexity index is 479. The summed E-state index contributed by atoms with van der Waals surface area (Å²) in [5.41, 5.74) is 0.108. The van der Waals surface area contributed by atoms with Crippen molar-refractivity contribution in [2.24, 2.45) is 17.3 Å². The summed E-state index contributed by atoms with van der Waals surface area (Å²) in [4.78, 5) is 12.2. The summed E-state index contributed by atoms with van der Waals surface area (Å²) in [6.07, 6.45) is 1.84. The summed E-state index contributed by atoms with van der Waals surface area (Å²) in [6, 6.07) is 6.84. The van der Waals surface area contributed by atoms with E-state index >= 15 is 0 Å². The van der Waals surface area contributed by atoms with E-state index in [0.717, 1.165) is 12.8 Å². The third kappa shape index (κ3) is 5.54. The molecule has 0 saturated heterocycles. The van der Waals surface area contributed by atoms with Gasteiger partial charge in [0.25, 0.3) is 0 Å². The zero-order chi connectivity index (χ0) is 17.5. The van der Waals surface area contributed by atoms with Gasteiger partial charge in [-0.1, -0.05) is 34.1 Å². The van der Waals surface area contributed by atoms with Gasteiger partial charge in [-0.3, -0.25) is 0 Å². The fourth-order valence-electron chi connectivity index (χ4n) is 2.43. The zero-order valence-electron chi connectivity index (χ0n) is 15.0. The summed E-state index contributed by atoms with van der Waals surface area (Å²) in [6.45, 7) is 8.71. The van der Waals surface area contributed by atoms with E-state index in [-0.39, 0.29) is 30.5 Å². The molecule has 1 atom stereocenters. The number of hydrogen-bond acceptors (Lipinski definition) is 4. The van der Waals surface area contributed by atoms with Gasteiger partial charge in [-0.15, -0.1) is 0 Å². The summed E-state index contributed by atoms with van der Waals surface area (Å²) in [5.74, 6) is 1.12. The number of rotatable bonds is 9. The van der Waals surface area contributed by atoms with Crippen molar-refractivity contribution in [3.05, 3.63) is 29.8 Å². The predicted octanol–water partition coefficient (Wildman–Crippen LogP) is 3.92. The lowest BCUT2D eigenvalue weighted by Gasteiger charge is -2.36. The van der Waals surface area contributed by atoms with Crippen LogP contribution >= 0.6 is 0 Å². The van der Waals surface area contributed by atoms with Crippen LogP contribution in [0.15, 0.2) is 24.3 Å². The molecular weight excluding hydrogens is 292 g/mol. The van der Waals surface area contributed by atoms with Crippen LogP contribution < -0.4 is 4.74 Å². The molecule has 23 heavy (non-hydrogen) atoms. The van der Waals surface area contributed by atoms with Gasteiger partial charge in [0.1, 0.15) is 5.75 Å². The summed E-state index contributed by atoms with van der Waals surface area (Å²) in [5, 5.41) is 9.90. The zero-order valence-corrected chi connectivity index (χ0v) is 15.0. The molecule has 0 aliphatic carbocycles. The molecule has 0 aromatic heterocycles. The number of ether oxygens (including phenoxy) is 2. The van der Waals surface area contributed by atoms with E-state index in [2.05, 4.69) is 27.7 Å². The maximum absolute atomic E-state index is 12.2. The topological polar surface area (TPSA) is 55.8 Å². The third-order valence-corrected chi connectivity index (χ3v) is 4.58. The molecule has 0 heterocycles. The van der Waals surface area contributed by atoms with E-state index in [0.29, 0.717) is 17.2 Å². The van der Waals surface area contributed by atoms with Crippen LogP contribution in [0.4, 0.5) is 0 Å². The standard InChI is InChI=1S/C19H30O4/c1-14(2)10-11-19(12-20,15(3)4)13-23-18(21)16-6-8-17(22-5)9-7-16/h6-9,14-15,20H,10-13H2,1-5H3. The van der Waals surface area contributed by atoms with Crippen LogP contribution in [0.3, 0.4) is 0 Å². The summed E-state index contributed by atoms with van der Waals surface area (Å²) < 4.78 is 10.6. The fourth-order valence-corrected chi connectivity index (χ4v) is 2.43. The number of methoxy groups -OCH3 is 1. The van der Waals surface area contributed by atoms with Crippen molar-refractivity contribution in [1.82, 2.24) is 0 Å². The number of aliphatic hydroxyl groups is 1. The van der Waals surface area contributed by atoms with Gasteiger partial charge >= 0.3 is 5.97 Å². The second-order valence-electron chi connectivity index (χ2n) is 6.91. The molecule has 0 fully saturated rings. The molecule has 1 aromatic carbocycles. The Morgan fingerprint density at radius 2 is 1.78 bits per heavy atom. The van der Waals surface area contributed by atoms with Crippen LogP contribution in [-0.4, -0.2) is 31.4 Å². The van der Waals surface area contributed by atoms with Crippen LogP contribution in [-0.2, 0) is 4.74 Å². The average Bonchev–Trinajstić information content (AvgIpc) is 2.54. The van der Waals surface area contributed by atoms with Gasteiger partial charge in [0, 0.05) is 5.41 Å². The lowest BCUT2D eigenvalue weighted by Crippen LogP contribution is -2.37. The number of carbonyl (C=O) groups is 1. The first-order valence-electron chi connectivity index (χ1n) is 8.26. The van der Waals surface area contributed by atoms with Crippen LogP contribution in [0.5, 0.6) is 5.75 Å². The highest BCUT2D eigenvalue weighted by Gasteiger charge is 2.34. The molecule has 0 aliphatic heterocycles. The molecule has 1 aromatic rings. The Hall–Kier alpha value is -1.55.